The van der Waals surface area contributed by atoms with E-state index in [9.17, 15) is 0 Å². The van der Waals surface area contributed by atoms with Crippen LogP contribution in [0.25, 0.3) is 0 Å². The summed E-state index contributed by atoms with van der Waals surface area (Å²) < 4.78 is 0. The highest BCUT2D eigenvalue weighted by Gasteiger charge is 2.13. The van der Waals surface area contributed by atoms with Crippen molar-refractivity contribution in [2.45, 2.75) is 33.6 Å². The van der Waals surface area contributed by atoms with Gasteiger partial charge in [0.05, 0.1) is 0 Å². The monoisotopic (exact) mass is 281 g/mol. The van der Waals surface area contributed by atoms with E-state index in [0.717, 1.165) is 25.9 Å². The van der Waals surface area contributed by atoms with Crippen molar-refractivity contribution in [3.05, 3.63) is 70.8 Å². The molecule has 0 aromatic heterocycles. The molecule has 1 atom stereocenters. The minimum absolute atomic E-state index is 0.646. The Kier molecular flexibility index (Phi) is 6.01. The van der Waals surface area contributed by atoms with Crippen LogP contribution in [0.5, 0.6) is 0 Å². The Morgan fingerprint density at radius 2 is 1.52 bits per heavy atom. The van der Waals surface area contributed by atoms with Crippen LogP contribution in [0.15, 0.2) is 48.5 Å². The predicted octanol–water partition coefficient (Wildman–Crippen LogP) is 4.31. The molecule has 0 radical (unpaired) electrons. The second-order valence-electron chi connectivity index (χ2n) is 5.94. The molecule has 1 nitrogen and oxygen atoms in total. The Labute approximate surface area is 129 Å². The van der Waals surface area contributed by atoms with Gasteiger partial charge in [-0.05, 0) is 68.0 Å². The first kappa shape index (κ1) is 15.8. The number of aryl methyl sites for hydroxylation is 2. The van der Waals surface area contributed by atoms with Crippen molar-refractivity contribution in [3.8, 4) is 0 Å². The van der Waals surface area contributed by atoms with Crippen LogP contribution in [-0.4, -0.2) is 13.1 Å². The molecule has 0 spiro atoms. The van der Waals surface area contributed by atoms with Gasteiger partial charge in [-0.2, -0.15) is 0 Å². The van der Waals surface area contributed by atoms with E-state index < -0.39 is 0 Å². The number of rotatable bonds is 7. The van der Waals surface area contributed by atoms with Crippen molar-refractivity contribution in [2.24, 2.45) is 5.92 Å². The molecule has 0 amide bonds. The molecule has 0 aliphatic rings. The zero-order chi connectivity index (χ0) is 15.1. The van der Waals surface area contributed by atoms with Crippen LogP contribution < -0.4 is 5.32 Å². The third-order valence-corrected chi connectivity index (χ3v) is 4.19. The summed E-state index contributed by atoms with van der Waals surface area (Å²) >= 11 is 0. The first-order chi connectivity index (χ1) is 10.2. The summed E-state index contributed by atoms with van der Waals surface area (Å²) in [5, 5.41) is 3.53. The van der Waals surface area contributed by atoms with E-state index in [4.69, 9.17) is 0 Å². The fraction of sp³-hybridized carbons (Fsp3) is 0.400. The highest BCUT2D eigenvalue weighted by Crippen LogP contribution is 2.20. The van der Waals surface area contributed by atoms with Crippen LogP contribution in [0, 0.1) is 19.8 Å². The Morgan fingerprint density at radius 3 is 2.14 bits per heavy atom. The Morgan fingerprint density at radius 1 is 0.857 bits per heavy atom. The van der Waals surface area contributed by atoms with Crippen molar-refractivity contribution in [1.29, 1.82) is 0 Å². The first-order valence-electron chi connectivity index (χ1n) is 8.00. The Balaban J connectivity index is 2.12. The highest BCUT2D eigenvalue weighted by molar-refractivity contribution is 5.34. The molecule has 112 valence electrons. The van der Waals surface area contributed by atoms with E-state index in [1.165, 1.54) is 22.3 Å². The third kappa shape index (κ3) is 4.71. The van der Waals surface area contributed by atoms with E-state index in [1.807, 2.05) is 0 Å². The molecule has 0 saturated heterocycles. The summed E-state index contributed by atoms with van der Waals surface area (Å²) in [4.78, 5) is 0. The summed E-state index contributed by atoms with van der Waals surface area (Å²) in [5.41, 5.74) is 5.80. The average Bonchev–Trinajstić information content (AvgIpc) is 2.49. The van der Waals surface area contributed by atoms with Crippen molar-refractivity contribution in [3.63, 3.8) is 0 Å². The fourth-order valence-electron chi connectivity index (χ4n) is 2.97. The lowest BCUT2D eigenvalue weighted by atomic mass is 9.88. The zero-order valence-corrected chi connectivity index (χ0v) is 13.5. The van der Waals surface area contributed by atoms with Crippen LogP contribution in [0.2, 0.25) is 0 Å². The van der Waals surface area contributed by atoms with Gasteiger partial charge in [0.15, 0.2) is 0 Å². The van der Waals surface area contributed by atoms with Gasteiger partial charge >= 0.3 is 0 Å². The lowest BCUT2D eigenvalue weighted by Crippen LogP contribution is -2.26. The summed E-state index contributed by atoms with van der Waals surface area (Å²) in [6, 6.07) is 17.5. The fourth-order valence-corrected chi connectivity index (χ4v) is 2.97. The largest absolute Gasteiger partial charge is 0.317 e. The average molecular weight is 281 g/mol. The first-order valence-corrected chi connectivity index (χ1v) is 8.00. The maximum absolute atomic E-state index is 3.53. The van der Waals surface area contributed by atoms with Gasteiger partial charge in [-0.15, -0.1) is 0 Å². The molecular weight excluding hydrogens is 254 g/mol. The van der Waals surface area contributed by atoms with Gasteiger partial charge in [-0.1, -0.05) is 55.5 Å². The van der Waals surface area contributed by atoms with Crippen molar-refractivity contribution < 1.29 is 0 Å². The number of hydrogen-bond donors (Lipinski definition) is 1. The van der Waals surface area contributed by atoms with Crippen LogP contribution in [0.3, 0.4) is 0 Å². The zero-order valence-electron chi connectivity index (χ0n) is 13.5. The van der Waals surface area contributed by atoms with Gasteiger partial charge in [-0.25, -0.2) is 0 Å². The Bertz CT molecular complexity index is 525. The van der Waals surface area contributed by atoms with E-state index in [-0.39, 0.29) is 0 Å². The highest BCUT2D eigenvalue weighted by atomic mass is 14.8. The molecule has 2 rings (SSSR count). The maximum Gasteiger partial charge on any atom is -0.00143 e. The van der Waals surface area contributed by atoms with Gasteiger partial charge in [0.1, 0.15) is 0 Å². The smallest absolute Gasteiger partial charge is 0.00143 e. The molecule has 1 heteroatoms. The van der Waals surface area contributed by atoms with E-state index in [2.05, 4.69) is 74.6 Å². The molecule has 1 N–H and O–H groups in total. The summed E-state index contributed by atoms with van der Waals surface area (Å²) in [6.45, 7) is 8.76. The van der Waals surface area contributed by atoms with Crippen LogP contribution >= 0.6 is 0 Å². The normalized spacial score (nSPS) is 12.3. The summed E-state index contributed by atoms with van der Waals surface area (Å²) in [6.07, 6.45) is 2.29. The van der Waals surface area contributed by atoms with Gasteiger partial charge < -0.3 is 5.32 Å². The van der Waals surface area contributed by atoms with Crippen LogP contribution in [-0.2, 0) is 12.8 Å². The van der Waals surface area contributed by atoms with E-state index in [0.29, 0.717) is 5.92 Å². The second kappa shape index (κ2) is 7.99. The predicted molar refractivity (Wildman–Crippen MR) is 91.8 cm³/mol. The second-order valence-corrected chi connectivity index (χ2v) is 5.94. The molecule has 2 aromatic rings. The number of benzene rings is 2. The van der Waals surface area contributed by atoms with E-state index >= 15 is 0 Å². The molecule has 0 saturated carbocycles. The molecule has 0 bridgehead atoms. The van der Waals surface area contributed by atoms with Crippen molar-refractivity contribution >= 4 is 0 Å². The number of hydrogen-bond acceptors (Lipinski definition) is 1. The minimum Gasteiger partial charge on any atom is -0.317 e. The van der Waals surface area contributed by atoms with Crippen LogP contribution in [0.1, 0.15) is 29.2 Å². The van der Waals surface area contributed by atoms with E-state index in [1.54, 1.807) is 0 Å². The molecule has 0 aliphatic heterocycles. The van der Waals surface area contributed by atoms with Crippen LogP contribution in [0.4, 0.5) is 0 Å². The number of nitrogens with one attached hydrogen (secondary N) is 1. The summed E-state index contributed by atoms with van der Waals surface area (Å²) in [5.74, 6) is 0.646. The molecule has 0 aliphatic carbocycles. The lowest BCUT2D eigenvalue weighted by Gasteiger charge is -2.20. The molecular formula is C20H27N. The Hall–Kier alpha value is -1.60. The maximum atomic E-state index is 3.53. The van der Waals surface area contributed by atoms with Crippen molar-refractivity contribution in [1.82, 2.24) is 5.32 Å². The molecule has 0 heterocycles. The third-order valence-electron chi connectivity index (χ3n) is 4.19. The summed E-state index contributed by atoms with van der Waals surface area (Å²) in [7, 11) is 0. The molecule has 21 heavy (non-hydrogen) atoms. The van der Waals surface area contributed by atoms with Crippen molar-refractivity contribution in [2.75, 3.05) is 13.1 Å². The molecule has 0 fully saturated rings. The minimum atomic E-state index is 0.646. The van der Waals surface area contributed by atoms with Gasteiger partial charge in [-0.3, -0.25) is 0 Å². The molecule has 2 aromatic carbocycles. The van der Waals surface area contributed by atoms with Gasteiger partial charge in [0.2, 0.25) is 0 Å². The quantitative estimate of drug-likeness (QED) is 0.797. The molecule has 1 unspecified atom stereocenters. The lowest BCUT2D eigenvalue weighted by molar-refractivity contribution is 0.476. The van der Waals surface area contributed by atoms with Gasteiger partial charge in [0, 0.05) is 0 Å². The standard InChI is InChI=1S/C20H27N/c1-4-21-15-19(13-18-11-6-5-7-12-18)14-20-16(2)9-8-10-17(20)3/h5-12,19,21H,4,13-15H2,1-3H3. The van der Waals surface area contributed by atoms with Gasteiger partial charge in [0.25, 0.3) is 0 Å². The topological polar surface area (TPSA) is 12.0 Å². The SMILES string of the molecule is CCNCC(Cc1ccccc1)Cc1c(C)cccc1C.